The molecule has 0 aliphatic carbocycles. The largest absolute Gasteiger partial charge is 0.507 e. The van der Waals surface area contributed by atoms with Gasteiger partial charge in [-0.3, -0.25) is 0 Å². The first-order chi connectivity index (χ1) is 11.6. The van der Waals surface area contributed by atoms with Gasteiger partial charge in [-0.05, 0) is 49.4 Å². The molecule has 0 fully saturated rings. The Labute approximate surface area is 147 Å². The van der Waals surface area contributed by atoms with Crippen molar-refractivity contribution < 1.29 is 19.4 Å². The van der Waals surface area contributed by atoms with Gasteiger partial charge in [0.05, 0.1) is 6.61 Å². The van der Waals surface area contributed by atoms with Crippen LogP contribution in [0.5, 0.6) is 11.5 Å². The number of hydrogen-bond acceptors (Lipinski definition) is 5. The molecule has 6 heteroatoms. The summed E-state index contributed by atoms with van der Waals surface area (Å²) in [6.45, 7) is 2.37. The highest BCUT2D eigenvalue weighted by Crippen LogP contribution is 2.27. The lowest BCUT2D eigenvalue weighted by atomic mass is 10.1. The lowest BCUT2D eigenvalue weighted by Crippen LogP contribution is -2.05. The SMILES string of the molecule is CCOc1ccc(/C=C2/N=C(c3ccc(Br)cc3)OC2=O)c(O)c1. The third-order valence-electron chi connectivity index (χ3n) is 3.32. The molecule has 2 aromatic carbocycles. The van der Waals surface area contributed by atoms with Gasteiger partial charge in [0.15, 0.2) is 5.70 Å². The van der Waals surface area contributed by atoms with Crippen molar-refractivity contribution in [2.24, 2.45) is 4.99 Å². The van der Waals surface area contributed by atoms with Crippen LogP contribution in [0.25, 0.3) is 6.08 Å². The van der Waals surface area contributed by atoms with Gasteiger partial charge in [0, 0.05) is 21.7 Å². The number of esters is 1. The number of phenolic OH excluding ortho intramolecular Hbond substituents is 1. The molecule has 0 saturated heterocycles. The van der Waals surface area contributed by atoms with E-state index in [1.165, 1.54) is 12.1 Å². The number of rotatable bonds is 4. The third kappa shape index (κ3) is 3.49. The van der Waals surface area contributed by atoms with Crippen LogP contribution in [-0.4, -0.2) is 23.6 Å². The van der Waals surface area contributed by atoms with E-state index < -0.39 is 5.97 Å². The lowest BCUT2D eigenvalue weighted by Gasteiger charge is -2.05. The molecule has 0 amide bonds. The number of phenols is 1. The Morgan fingerprint density at radius 1 is 1.25 bits per heavy atom. The van der Waals surface area contributed by atoms with Crippen molar-refractivity contribution in [2.75, 3.05) is 6.61 Å². The fraction of sp³-hybridized carbons (Fsp3) is 0.111. The first-order valence-electron chi connectivity index (χ1n) is 7.31. The van der Waals surface area contributed by atoms with Gasteiger partial charge < -0.3 is 14.6 Å². The van der Waals surface area contributed by atoms with Crippen LogP contribution >= 0.6 is 15.9 Å². The van der Waals surface area contributed by atoms with E-state index in [1.807, 2.05) is 19.1 Å². The average molecular weight is 388 g/mol. The van der Waals surface area contributed by atoms with E-state index in [0.717, 1.165) is 4.47 Å². The molecule has 0 unspecified atom stereocenters. The molecule has 0 bridgehead atoms. The molecule has 3 rings (SSSR count). The molecule has 0 saturated carbocycles. The highest BCUT2D eigenvalue weighted by atomic mass is 79.9. The molecular weight excluding hydrogens is 374 g/mol. The second kappa shape index (κ2) is 6.88. The summed E-state index contributed by atoms with van der Waals surface area (Å²) in [5.74, 6) is 0.254. The summed E-state index contributed by atoms with van der Waals surface area (Å²) in [5, 5.41) is 10.0. The first-order valence-corrected chi connectivity index (χ1v) is 8.10. The summed E-state index contributed by atoms with van der Waals surface area (Å²) in [6, 6.07) is 12.1. The number of carbonyl (C=O) groups excluding carboxylic acids is 1. The number of aliphatic imine (C=N–C) groups is 1. The maximum Gasteiger partial charge on any atom is 0.363 e. The van der Waals surface area contributed by atoms with Gasteiger partial charge in [-0.1, -0.05) is 15.9 Å². The van der Waals surface area contributed by atoms with Crippen molar-refractivity contribution in [3.05, 3.63) is 63.8 Å². The summed E-state index contributed by atoms with van der Waals surface area (Å²) in [6.07, 6.45) is 1.49. The van der Waals surface area contributed by atoms with Gasteiger partial charge in [-0.2, -0.15) is 0 Å². The molecule has 0 aromatic heterocycles. The maximum absolute atomic E-state index is 12.0. The molecule has 24 heavy (non-hydrogen) atoms. The molecule has 0 atom stereocenters. The molecule has 2 aromatic rings. The summed E-state index contributed by atoms with van der Waals surface area (Å²) in [4.78, 5) is 16.2. The fourth-order valence-corrected chi connectivity index (χ4v) is 2.44. The van der Waals surface area contributed by atoms with Crippen molar-refractivity contribution in [3.8, 4) is 11.5 Å². The van der Waals surface area contributed by atoms with Crippen LogP contribution in [0.2, 0.25) is 0 Å². The van der Waals surface area contributed by atoms with Crippen molar-refractivity contribution in [1.29, 1.82) is 0 Å². The molecule has 1 aliphatic heterocycles. The van der Waals surface area contributed by atoms with Crippen LogP contribution in [0, 0.1) is 0 Å². The van der Waals surface area contributed by atoms with Gasteiger partial charge >= 0.3 is 5.97 Å². The standard InChI is InChI=1S/C18H14BrNO4/c1-2-23-14-8-5-12(16(21)10-14)9-15-18(22)24-17(20-15)11-3-6-13(19)7-4-11/h3-10,21H,2H2,1H3/b15-9+. The molecule has 1 heterocycles. The average Bonchev–Trinajstić information content (AvgIpc) is 2.92. The van der Waals surface area contributed by atoms with E-state index >= 15 is 0 Å². The summed E-state index contributed by atoms with van der Waals surface area (Å²) in [7, 11) is 0. The Morgan fingerprint density at radius 3 is 2.67 bits per heavy atom. The van der Waals surface area contributed by atoms with Crippen molar-refractivity contribution in [2.45, 2.75) is 6.92 Å². The number of carbonyl (C=O) groups is 1. The Bertz CT molecular complexity index is 841. The monoisotopic (exact) mass is 387 g/mol. The third-order valence-corrected chi connectivity index (χ3v) is 3.85. The molecular formula is C18H14BrNO4. The minimum Gasteiger partial charge on any atom is -0.507 e. The van der Waals surface area contributed by atoms with Crippen LogP contribution in [0.15, 0.2) is 57.6 Å². The number of nitrogens with zero attached hydrogens (tertiary/aromatic N) is 1. The molecule has 1 N–H and O–H groups in total. The summed E-state index contributed by atoms with van der Waals surface area (Å²) < 4.78 is 11.4. The van der Waals surface area contributed by atoms with Crippen LogP contribution in [0.3, 0.4) is 0 Å². The minimum atomic E-state index is -0.554. The van der Waals surface area contributed by atoms with Crippen LogP contribution in [0.1, 0.15) is 18.1 Å². The molecule has 5 nitrogen and oxygen atoms in total. The van der Waals surface area contributed by atoms with E-state index in [0.29, 0.717) is 23.5 Å². The van der Waals surface area contributed by atoms with E-state index in [4.69, 9.17) is 9.47 Å². The van der Waals surface area contributed by atoms with Crippen molar-refractivity contribution >= 4 is 33.9 Å². The first kappa shape index (κ1) is 16.3. The van der Waals surface area contributed by atoms with Crippen LogP contribution in [0.4, 0.5) is 0 Å². The fourth-order valence-electron chi connectivity index (χ4n) is 2.17. The van der Waals surface area contributed by atoms with Gasteiger partial charge in [0.25, 0.3) is 0 Å². The molecule has 122 valence electrons. The van der Waals surface area contributed by atoms with Crippen molar-refractivity contribution in [3.63, 3.8) is 0 Å². The number of halogens is 1. The normalized spacial score (nSPS) is 15.3. The second-order valence-electron chi connectivity index (χ2n) is 5.00. The Kier molecular flexibility index (Phi) is 4.66. The summed E-state index contributed by atoms with van der Waals surface area (Å²) >= 11 is 3.35. The van der Waals surface area contributed by atoms with Crippen LogP contribution < -0.4 is 4.74 Å². The van der Waals surface area contributed by atoms with Gasteiger partial charge in [0.2, 0.25) is 5.90 Å². The predicted molar refractivity (Wildman–Crippen MR) is 94.0 cm³/mol. The molecule has 1 aliphatic rings. The number of hydrogen-bond donors (Lipinski definition) is 1. The van der Waals surface area contributed by atoms with Crippen LogP contribution in [-0.2, 0) is 9.53 Å². The van der Waals surface area contributed by atoms with E-state index in [1.54, 1.807) is 24.3 Å². The minimum absolute atomic E-state index is 0.00791. The maximum atomic E-state index is 12.0. The highest BCUT2D eigenvalue weighted by Gasteiger charge is 2.24. The Balaban J connectivity index is 1.89. The quantitative estimate of drug-likeness (QED) is 0.637. The highest BCUT2D eigenvalue weighted by molar-refractivity contribution is 9.10. The van der Waals surface area contributed by atoms with E-state index in [9.17, 15) is 9.90 Å². The van der Waals surface area contributed by atoms with Gasteiger partial charge in [0.1, 0.15) is 11.5 Å². The number of benzene rings is 2. The predicted octanol–water partition coefficient (Wildman–Crippen LogP) is 3.90. The zero-order valence-electron chi connectivity index (χ0n) is 12.8. The molecule has 0 radical (unpaired) electrons. The van der Waals surface area contributed by atoms with E-state index in [-0.39, 0.29) is 17.3 Å². The van der Waals surface area contributed by atoms with Crippen molar-refractivity contribution in [1.82, 2.24) is 0 Å². The Hall–Kier alpha value is -2.60. The smallest absolute Gasteiger partial charge is 0.363 e. The lowest BCUT2D eigenvalue weighted by molar-refractivity contribution is -0.129. The number of cyclic esters (lactones) is 1. The van der Waals surface area contributed by atoms with Gasteiger partial charge in [-0.25, -0.2) is 9.79 Å². The second-order valence-corrected chi connectivity index (χ2v) is 5.91. The van der Waals surface area contributed by atoms with Gasteiger partial charge in [-0.15, -0.1) is 0 Å². The zero-order valence-corrected chi connectivity index (χ0v) is 14.4. The number of ether oxygens (including phenoxy) is 2. The topological polar surface area (TPSA) is 68.1 Å². The number of aromatic hydroxyl groups is 1. The zero-order chi connectivity index (χ0) is 17.1. The Morgan fingerprint density at radius 2 is 2.00 bits per heavy atom. The summed E-state index contributed by atoms with van der Waals surface area (Å²) in [5.41, 5.74) is 1.30. The van der Waals surface area contributed by atoms with E-state index in [2.05, 4.69) is 20.9 Å². The molecule has 0 spiro atoms.